The molecule has 0 amide bonds. The topological polar surface area (TPSA) is 71.5 Å². The summed E-state index contributed by atoms with van der Waals surface area (Å²) in [7, 11) is -4.15. The summed E-state index contributed by atoms with van der Waals surface area (Å²) in [5.74, 6) is 1.74. The zero-order valence-electron chi connectivity index (χ0n) is 11.9. The molecule has 0 radical (unpaired) electrons. The van der Waals surface area contributed by atoms with Crippen LogP contribution >= 0.6 is 0 Å². The quantitative estimate of drug-likeness (QED) is 0.816. The third-order valence-electron chi connectivity index (χ3n) is 3.13. The van der Waals surface area contributed by atoms with Gasteiger partial charge in [0.25, 0.3) is 0 Å². The molecule has 0 aliphatic carbocycles. The summed E-state index contributed by atoms with van der Waals surface area (Å²) in [5.41, 5.74) is -1.11. The van der Waals surface area contributed by atoms with Crippen molar-refractivity contribution in [3.8, 4) is 12.3 Å². The summed E-state index contributed by atoms with van der Waals surface area (Å²) < 4.78 is 70.7. The van der Waals surface area contributed by atoms with E-state index in [9.17, 15) is 21.6 Å². The van der Waals surface area contributed by atoms with Crippen molar-refractivity contribution in [3.05, 3.63) is 17.8 Å². The fourth-order valence-electron chi connectivity index (χ4n) is 2.04. The number of hydrogen-bond acceptors (Lipinski definition) is 5. The van der Waals surface area contributed by atoms with Crippen LogP contribution < -0.4 is 9.62 Å². The Morgan fingerprint density at radius 1 is 1.39 bits per heavy atom. The maximum atomic E-state index is 13.3. The second-order valence-electron chi connectivity index (χ2n) is 4.67. The highest BCUT2D eigenvalue weighted by Crippen LogP contribution is 2.36. The predicted molar refractivity (Wildman–Crippen MR) is 76.3 cm³/mol. The number of terminal acetylenes is 1. The number of hydrogen-bond donors (Lipinski definition) is 1. The number of morpholine rings is 1. The highest BCUT2D eigenvalue weighted by molar-refractivity contribution is 7.89. The lowest BCUT2D eigenvalue weighted by atomic mass is 10.2. The van der Waals surface area contributed by atoms with E-state index in [2.05, 4.69) is 4.98 Å². The van der Waals surface area contributed by atoms with E-state index in [0.29, 0.717) is 6.07 Å². The fraction of sp³-hybridized carbons (Fsp3) is 0.462. The molecule has 1 saturated heterocycles. The highest BCUT2D eigenvalue weighted by Gasteiger charge is 2.37. The molecule has 0 spiro atoms. The number of halogens is 3. The van der Waals surface area contributed by atoms with Gasteiger partial charge in [0.2, 0.25) is 10.0 Å². The Balaban J connectivity index is 2.45. The Kier molecular flexibility index (Phi) is 5.13. The molecule has 0 saturated carbocycles. The fourth-order valence-corrected chi connectivity index (χ4v) is 2.95. The molecule has 0 aromatic carbocycles. The Labute approximate surface area is 131 Å². The minimum absolute atomic E-state index is 0.248. The van der Waals surface area contributed by atoms with Crippen LogP contribution in [0.25, 0.3) is 0 Å². The first-order chi connectivity index (χ1) is 10.8. The summed E-state index contributed by atoms with van der Waals surface area (Å²) >= 11 is 0. The monoisotopic (exact) mass is 349 g/mol. The van der Waals surface area contributed by atoms with Crippen molar-refractivity contribution in [1.29, 1.82) is 0 Å². The molecule has 6 nitrogen and oxygen atoms in total. The molecule has 1 aromatic rings. The van der Waals surface area contributed by atoms with Crippen LogP contribution in [-0.4, -0.2) is 46.2 Å². The van der Waals surface area contributed by atoms with Crippen LogP contribution in [0.5, 0.6) is 0 Å². The summed E-state index contributed by atoms with van der Waals surface area (Å²) in [4.78, 5) is 4.55. The minimum atomic E-state index is -4.74. The summed E-state index contributed by atoms with van der Waals surface area (Å²) in [5, 5.41) is 0. The second-order valence-corrected chi connectivity index (χ2v) is 6.43. The molecule has 0 unspecified atom stereocenters. The molecule has 10 heteroatoms. The Bertz CT molecular complexity index is 707. The van der Waals surface area contributed by atoms with Gasteiger partial charge in [0.15, 0.2) is 0 Å². The van der Waals surface area contributed by atoms with Gasteiger partial charge in [-0.05, 0) is 6.07 Å². The van der Waals surface area contributed by atoms with Gasteiger partial charge in [-0.1, -0.05) is 5.92 Å². The van der Waals surface area contributed by atoms with E-state index in [-0.39, 0.29) is 38.7 Å². The number of aromatic nitrogens is 1. The van der Waals surface area contributed by atoms with Gasteiger partial charge in [-0.3, -0.25) is 0 Å². The number of anilines is 1. The van der Waals surface area contributed by atoms with Gasteiger partial charge in [0.1, 0.15) is 10.7 Å². The molecule has 1 aliphatic rings. The Morgan fingerprint density at radius 2 is 2.04 bits per heavy atom. The number of nitrogens with one attached hydrogen (secondary N) is 1. The van der Waals surface area contributed by atoms with Crippen LogP contribution in [0.15, 0.2) is 17.2 Å². The summed E-state index contributed by atoms with van der Waals surface area (Å²) in [6.45, 7) is 0.732. The van der Waals surface area contributed by atoms with Crippen LogP contribution in [0.1, 0.15) is 5.56 Å². The third-order valence-corrected chi connectivity index (χ3v) is 4.50. The van der Waals surface area contributed by atoms with Gasteiger partial charge in [-0.2, -0.15) is 17.9 Å². The maximum absolute atomic E-state index is 13.3. The van der Waals surface area contributed by atoms with Crippen molar-refractivity contribution < 1.29 is 26.3 Å². The number of alkyl halides is 3. The van der Waals surface area contributed by atoms with E-state index < -0.39 is 26.7 Å². The van der Waals surface area contributed by atoms with Gasteiger partial charge < -0.3 is 9.64 Å². The Morgan fingerprint density at radius 3 is 2.61 bits per heavy atom. The first-order valence-corrected chi connectivity index (χ1v) is 8.07. The van der Waals surface area contributed by atoms with Gasteiger partial charge in [0, 0.05) is 19.3 Å². The molecule has 0 bridgehead atoms. The van der Waals surface area contributed by atoms with Crippen molar-refractivity contribution in [2.24, 2.45) is 0 Å². The van der Waals surface area contributed by atoms with Crippen molar-refractivity contribution in [3.63, 3.8) is 0 Å². The first-order valence-electron chi connectivity index (χ1n) is 6.59. The second kappa shape index (κ2) is 6.74. The lowest BCUT2D eigenvalue weighted by Crippen LogP contribution is -2.38. The van der Waals surface area contributed by atoms with E-state index in [0.717, 1.165) is 6.20 Å². The van der Waals surface area contributed by atoms with E-state index >= 15 is 0 Å². The smallest absolute Gasteiger partial charge is 0.378 e. The average molecular weight is 349 g/mol. The summed E-state index contributed by atoms with van der Waals surface area (Å²) in [6.07, 6.45) is 1.09. The minimum Gasteiger partial charge on any atom is -0.378 e. The Hall–Kier alpha value is -1.83. The molecule has 1 aromatic heterocycles. The molecule has 1 fully saturated rings. The van der Waals surface area contributed by atoms with E-state index in [1.165, 1.54) is 4.90 Å². The first kappa shape index (κ1) is 17.5. The van der Waals surface area contributed by atoms with Crippen LogP contribution in [0.2, 0.25) is 0 Å². The number of ether oxygens (including phenoxy) is 1. The standard InChI is InChI=1S/C13H14F3N3O3S/c1-2-3-18-23(20,21)10-8-11(13(14,15)16)12(17-9-10)19-4-6-22-7-5-19/h1,8-9,18H,3-7H2. The third kappa shape index (κ3) is 4.13. The molecular weight excluding hydrogens is 335 g/mol. The molecule has 2 heterocycles. The average Bonchev–Trinajstić information content (AvgIpc) is 2.52. The number of sulfonamides is 1. The van der Waals surface area contributed by atoms with Crippen LogP contribution in [0.3, 0.4) is 0 Å². The van der Waals surface area contributed by atoms with Crippen LogP contribution in [0, 0.1) is 12.3 Å². The molecule has 126 valence electrons. The van der Waals surface area contributed by atoms with Crippen molar-refractivity contribution >= 4 is 15.8 Å². The SMILES string of the molecule is C#CCNS(=O)(=O)c1cnc(N2CCOCC2)c(C(F)(F)F)c1. The molecule has 1 aliphatic heterocycles. The number of rotatable bonds is 4. The van der Waals surface area contributed by atoms with Crippen LogP contribution in [-0.2, 0) is 20.9 Å². The maximum Gasteiger partial charge on any atom is 0.420 e. The molecule has 2 rings (SSSR count). The van der Waals surface area contributed by atoms with Gasteiger partial charge in [0.05, 0.1) is 25.3 Å². The van der Waals surface area contributed by atoms with E-state index in [1.54, 1.807) is 0 Å². The lowest BCUT2D eigenvalue weighted by Gasteiger charge is -2.30. The lowest BCUT2D eigenvalue weighted by molar-refractivity contribution is -0.137. The van der Waals surface area contributed by atoms with Crippen molar-refractivity contribution in [2.75, 3.05) is 37.7 Å². The molecule has 23 heavy (non-hydrogen) atoms. The normalized spacial score (nSPS) is 16.2. The predicted octanol–water partition coefficient (Wildman–Crippen LogP) is 0.849. The highest BCUT2D eigenvalue weighted by atomic mass is 32.2. The number of pyridine rings is 1. The molecular formula is C13H14F3N3O3S. The molecule has 1 N–H and O–H groups in total. The zero-order valence-corrected chi connectivity index (χ0v) is 12.7. The zero-order chi connectivity index (χ0) is 17.1. The van der Waals surface area contributed by atoms with Gasteiger partial charge >= 0.3 is 6.18 Å². The number of nitrogens with zero attached hydrogens (tertiary/aromatic N) is 2. The summed E-state index contributed by atoms with van der Waals surface area (Å²) in [6, 6.07) is 0.566. The molecule has 0 atom stereocenters. The van der Waals surface area contributed by atoms with Crippen molar-refractivity contribution in [2.45, 2.75) is 11.1 Å². The largest absolute Gasteiger partial charge is 0.420 e. The van der Waals surface area contributed by atoms with E-state index in [1.807, 2.05) is 10.6 Å². The van der Waals surface area contributed by atoms with E-state index in [4.69, 9.17) is 11.2 Å². The van der Waals surface area contributed by atoms with Gasteiger partial charge in [-0.25, -0.2) is 13.4 Å². The van der Waals surface area contributed by atoms with Crippen LogP contribution in [0.4, 0.5) is 19.0 Å². The van der Waals surface area contributed by atoms with Gasteiger partial charge in [-0.15, -0.1) is 6.42 Å². The van der Waals surface area contributed by atoms with Crippen molar-refractivity contribution in [1.82, 2.24) is 9.71 Å².